The van der Waals surface area contributed by atoms with Gasteiger partial charge in [0.05, 0.1) is 5.69 Å². The molecule has 1 aliphatic heterocycles. The quantitative estimate of drug-likeness (QED) is 0.378. The lowest BCUT2D eigenvalue weighted by molar-refractivity contribution is -0.122. The molecule has 8 nitrogen and oxygen atoms in total. The van der Waals surface area contributed by atoms with Crippen LogP contribution < -0.4 is 27.4 Å². The van der Waals surface area contributed by atoms with Gasteiger partial charge in [-0.2, -0.15) is 0 Å². The lowest BCUT2D eigenvalue weighted by Crippen LogP contribution is -2.84. The first kappa shape index (κ1) is 24.1. The van der Waals surface area contributed by atoms with Gasteiger partial charge in [0.1, 0.15) is 11.2 Å². The zero-order chi connectivity index (χ0) is 24.8. The molecule has 2 fully saturated rings. The van der Waals surface area contributed by atoms with E-state index in [4.69, 9.17) is 17.2 Å². The highest BCUT2D eigenvalue weighted by Crippen LogP contribution is 2.53. The average molecular weight is 478 g/mol. The van der Waals surface area contributed by atoms with Crippen molar-refractivity contribution in [2.45, 2.75) is 61.8 Å². The molecule has 0 bridgehead atoms. The zero-order valence-corrected chi connectivity index (χ0v) is 20.0. The molecule has 5 rings (SSSR count). The number of nitrogens with one attached hydrogen (secondary N) is 1. The van der Waals surface area contributed by atoms with Gasteiger partial charge < -0.3 is 27.6 Å². The predicted molar refractivity (Wildman–Crippen MR) is 135 cm³/mol. The number of hydrogen-bond donors (Lipinski definition) is 5. The maximum atomic E-state index is 14.3. The Morgan fingerprint density at radius 1 is 1.14 bits per heavy atom. The summed E-state index contributed by atoms with van der Waals surface area (Å²) in [6.45, 7) is 0.969. The molecule has 0 spiro atoms. The number of rotatable bonds is 7. The van der Waals surface area contributed by atoms with Crippen molar-refractivity contribution >= 4 is 17.4 Å². The fourth-order valence-corrected chi connectivity index (χ4v) is 6.01. The number of benzene rings is 2. The first-order valence-corrected chi connectivity index (χ1v) is 12.5. The molecule has 2 unspecified atom stereocenters. The molecule has 1 amide bonds. The van der Waals surface area contributed by atoms with Gasteiger partial charge in [-0.3, -0.25) is 14.5 Å². The highest BCUT2D eigenvalue weighted by atomic mass is 16.3. The van der Waals surface area contributed by atoms with Gasteiger partial charge in [-0.25, -0.2) is 0 Å². The molecule has 0 radical (unpaired) electrons. The van der Waals surface area contributed by atoms with E-state index in [0.717, 1.165) is 24.0 Å². The minimum absolute atomic E-state index is 0.0700. The fourth-order valence-electron chi connectivity index (χ4n) is 6.01. The third kappa shape index (κ3) is 3.80. The van der Waals surface area contributed by atoms with Crippen LogP contribution in [-0.2, 0) is 11.3 Å². The number of fused-ring (bicyclic) bond motifs is 2. The summed E-state index contributed by atoms with van der Waals surface area (Å²) in [5, 5.41) is 12.8. The lowest BCUT2D eigenvalue weighted by atomic mass is 9.57. The molecule has 35 heavy (non-hydrogen) atoms. The van der Waals surface area contributed by atoms with Crippen molar-refractivity contribution < 1.29 is 14.7 Å². The highest BCUT2D eigenvalue weighted by Gasteiger charge is 2.67. The summed E-state index contributed by atoms with van der Waals surface area (Å²) in [5.74, 6) is -0.828. The minimum atomic E-state index is -1.52. The third-order valence-corrected chi connectivity index (χ3v) is 8.02. The Bertz CT molecular complexity index is 1120. The van der Waals surface area contributed by atoms with Crippen LogP contribution in [0.15, 0.2) is 48.5 Å². The number of aliphatic hydroxyl groups excluding tert-OH is 1. The van der Waals surface area contributed by atoms with Gasteiger partial charge in [-0.1, -0.05) is 36.4 Å². The second-order valence-electron chi connectivity index (χ2n) is 10.3. The first-order chi connectivity index (χ1) is 16.8. The second-order valence-corrected chi connectivity index (χ2v) is 10.3. The van der Waals surface area contributed by atoms with E-state index in [9.17, 15) is 14.7 Å². The molecule has 2 aromatic carbocycles. The Hall–Kier alpha value is -2.62. The number of carbonyl (C=O) groups is 2. The van der Waals surface area contributed by atoms with Crippen LogP contribution in [0, 0.1) is 5.92 Å². The first-order valence-electron chi connectivity index (χ1n) is 12.5. The highest BCUT2D eigenvalue weighted by molar-refractivity contribution is 6.16. The number of nitrogens with two attached hydrogens (primary N) is 3. The van der Waals surface area contributed by atoms with Crippen LogP contribution in [0.4, 0.5) is 5.69 Å². The molecule has 2 aliphatic carbocycles. The largest absolute Gasteiger partial charge is 0.396 e. The molecule has 8 N–H and O–H groups in total. The summed E-state index contributed by atoms with van der Waals surface area (Å²) in [5.41, 5.74) is 20.1. The van der Waals surface area contributed by atoms with Gasteiger partial charge in [0.2, 0.25) is 5.91 Å². The van der Waals surface area contributed by atoms with Crippen molar-refractivity contribution in [2.75, 3.05) is 18.1 Å². The maximum Gasteiger partial charge on any atom is 0.231 e. The molecule has 3 aliphatic rings. The standard InChI is InChI=1S/C27H35N5O3/c28-16-17-7-10-23-21(13-17)24(34)27(30)22(18-5-2-1-3-6-18)14-20(31-11-4-12-33)15-26(27,29)32(23)25(35)19-8-9-19/h1-3,5-7,10,13,19-20,22,31,33H,4,8-9,11-12,14-16,28-30H2/t20?,22?,26-,27+/m1/s1. The van der Waals surface area contributed by atoms with Gasteiger partial charge in [-0.15, -0.1) is 0 Å². The molecular weight excluding hydrogens is 442 g/mol. The monoisotopic (exact) mass is 477 g/mol. The topological polar surface area (TPSA) is 148 Å². The van der Waals surface area contributed by atoms with Crippen molar-refractivity contribution in [2.24, 2.45) is 23.1 Å². The number of carbonyl (C=O) groups excluding carboxylic acids is 2. The zero-order valence-electron chi connectivity index (χ0n) is 20.0. The van der Waals surface area contributed by atoms with Gasteiger partial charge in [0, 0.05) is 43.0 Å². The van der Waals surface area contributed by atoms with Crippen LogP contribution in [0.5, 0.6) is 0 Å². The van der Waals surface area contributed by atoms with E-state index >= 15 is 0 Å². The average Bonchev–Trinajstić information content (AvgIpc) is 3.71. The molecular formula is C27H35N5O3. The number of amides is 1. The molecule has 4 atom stereocenters. The third-order valence-electron chi connectivity index (χ3n) is 8.02. The van der Waals surface area contributed by atoms with E-state index in [-0.39, 0.29) is 36.8 Å². The molecule has 0 saturated heterocycles. The number of nitrogens with zero attached hydrogens (tertiary/aromatic N) is 1. The summed E-state index contributed by atoms with van der Waals surface area (Å²) >= 11 is 0. The Morgan fingerprint density at radius 3 is 2.54 bits per heavy atom. The molecule has 186 valence electrons. The van der Waals surface area contributed by atoms with Crippen LogP contribution >= 0.6 is 0 Å². The second kappa shape index (κ2) is 9.11. The number of anilines is 1. The van der Waals surface area contributed by atoms with Gasteiger partial charge in [-0.05, 0) is 55.5 Å². The number of aliphatic hydroxyl groups is 1. The molecule has 2 aromatic rings. The van der Waals surface area contributed by atoms with E-state index in [2.05, 4.69) is 5.32 Å². The SMILES string of the molecule is NCc1ccc2c(c1)C(=O)[C@@]1(N)C(c3ccccc3)CC(NCCCO)C[C@@]1(N)N2C(=O)C1CC1. The smallest absolute Gasteiger partial charge is 0.231 e. The summed E-state index contributed by atoms with van der Waals surface area (Å²) in [7, 11) is 0. The molecule has 2 saturated carbocycles. The Labute approximate surface area is 205 Å². The summed E-state index contributed by atoms with van der Waals surface area (Å²) in [6.07, 6.45) is 3.15. The molecule has 1 heterocycles. The fraction of sp³-hybridized carbons (Fsp3) is 0.481. The van der Waals surface area contributed by atoms with Crippen LogP contribution in [-0.4, -0.2) is 47.2 Å². The van der Waals surface area contributed by atoms with E-state index in [0.29, 0.717) is 37.1 Å². The van der Waals surface area contributed by atoms with Gasteiger partial charge >= 0.3 is 0 Å². The van der Waals surface area contributed by atoms with Crippen LogP contribution in [0.2, 0.25) is 0 Å². The van der Waals surface area contributed by atoms with Gasteiger partial charge in [0.15, 0.2) is 5.78 Å². The summed E-state index contributed by atoms with van der Waals surface area (Å²) < 4.78 is 0. The summed E-state index contributed by atoms with van der Waals surface area (Å²) in [4.78, 5) is 29.8. The molecule has 8 heteroatoms. The van der Waals surface area contributed by atoms with Crippen LogP contribution in [0.1, 0.15) is 59.5 Å². The number of hydrogen-bond acceptors (Lipinski definition) is 7. The van der Waals surface area contributed by atoms with E-state index in [1.807, 2.05) is 36.4 Å². The van der Waals surface area contributed by atoms with Crippen molar-refractivity contribution in [1.29, 1.82) is 0 Å². The van der Waals surface area contributed by atoms with Crippen molar-refractivity contribution in [1.82, 2.24) is 5.32 Å². The van der Waals surface area contributed by atoms with E-state index in [1.165, 1.54) is 0 Å². The normalized spacial score (nSPS) is 30.1. The van der Waals surface area contributed by atoms with E-state index in [1.54, 1.807) is 17.0 Å². The maximum absolute atomic E-state index is 14.3. The Morgan fingerprint density at radius 2 is 1.89 bits per heavy atom. The van der Waals surface area contributed by atoms with Crippen molar-refractivity contribution in [3.05, 3.63) is 65.2 Å². The van der Waals surface area contributed by atoms with Gasteiger partial charge in [0.25, 0.3) is 0 Å². The van der Waals surface area contributed by atoms with Crippen molar-refractivity contribution in [3.8, 4) is 0 Å². The minimum Gasteiger partial charge on any atom is -0.396 e. The number of ketones is 1. The van der Waals surface area contributed by atoms with Crippen LogP contribution in [0.3, 0.4) is 0 Å². The Balaban J connectivity index is 1.70. The van der Waals surface area contributed by atoms with E-state index < -0.39 is 17.1 Å². The van der Waals surface area contributed by atoms with Crippen molar-refractivity contribution in [3.63, 3.8) is 0 Å². The Kier molecular flexibility index (Phi) is 6.27. The van der Waals surface area contributed by atoms with Crippen LogP contribution in [0.25, 0.3) is 0 Å². The summed E-state index contributed by atoms with van der Waals surface area (Å²) in [6, 6.07) is 15.1. The predicted octanol–water partition coefficient (Wildman–Crippen LogP) is 1.36. The number of Topliss-reactive ketones (excluding diaryl/α,β-unsaturated/α-hetero) is 1. The lowest BCUT2D eigenvalue weighted by Gasteiger charge is -2.61. The molecule has 0 aromatic heterocycles.